The van der Waals surface area contributed by atoms with E-state index in [-0.39, 0.29) is 34.1 Å². The summed E-state index contributed by atoms with van der Waals surface area (Å²) in [4.78, 5) is 23.1. The number of nitrogens with one attached hydrogen (secondary N) is 4. The van der Waals surface area contributed by atoms with Gasteiger partial charge in [0.1, 0.15) is 5.75 Å². The normalized spacial score (nSPS) is 10.6. The number of hydrogen-bond acceptors (Lipinski definition) is 5. The Hall–Kier alpha value is -3.04. The maximum Gasteiger partial charge on any atom is 0.264 e. The van der Waals surface area contributed by atoms with Gasteiger partial charge in [0.15, 0.2) is 16.8 Å². The second-order valence-corrected chi connectivity index (χ2v) is 8.59. The molecule has 164 valence electrons. The van der Waals surface area contributed by atoms with Gasteiger partial charge in [-0.05, 0) is 71.8 Å². The molecule has 0 unspecified atom stereocenters. The summed E-state index contributed by atoms with van der Waals surface area (Å²) in [7, 11) is 0. The average Bonchev–Trinajstić information content (AvgIpc) is 2.67. The zero-order valence-corrected chi connectivity index (χ0v) is 19.5. The van der Waals surface area contributed by atoms with Crippen LogP contribution < -0.4 is 26.0 Å². The fraction of sp³-hybridized carbons (Fsp3) is 0.273. The third-order valence-corrected chi connectivity index (χ3v) is 4.44. The lowest BCUT2D eigenvalue weighted by Gasteiger charge is -2.19. The minimum Gasteiger partial charge on any atom is -0.484 e. The van der Waals surface area contributed by atoms with Gasteiger partial charge < -0.3 is 20.7 Å². The van der Waals surface area contributed by atoms with E-state index in [1.807, 2.05) is 24.3 Å². The van der Waals surface area contributed by atoms with Gasteiger partial charge >= 0.3 is 0 Å². The highest BCUT2D eigenvalue weighted by Gasteiger charge is 2.13. The van der Waals surface area contributed by atoms with Crippen LogP contribution in [0, 0.1) is 0 Å². The first kappa shape index (κ1) is 24.2. The number of carbonyl (C=O) groups is 2. The molecule has 0 saturated carbocycles. The van der Waals surface area contributed by atoms with E-state index in [1.165, 1.54) is 12.5 Å². The summed E-state index contributed by atoms with van der Waals surface area (Å²) in [5, 5.41) is 11.2. The Kier molecular flexibility index (Phi) is 8.47. The molecule has 2 aromatic carbocycles. The van der Waals surface area contributed by atoms with Crippen molar-refractivity contribution in [1.29, 1.82) is 0 Å². The van der Waals surface area contributed by atoms with Crippen LogP contribution in [0.1, 0.15) is 33.3 Å². The van der Waals surface area contributed by atoms with E-state index in [4.69, 9.17) is 29.2 Å². The standard InChI is InChI=1S/C22H26N4O3S2/c1-14(27)23-20(30)24-16-7-9-17(10-8-16)25-21(31)26-19(28)13-29-18-11-5-15(6-12-18)22(2,3)4/h5-12H,13H2,1-4H3,(H2,23,24,27,30)(H2,25,26,28,31). The van der Waals surface area contributed by atoms with Crippen LogP contribution in [0.3, 0.4) is 0 Å². The monoisotopic (exact) mass is 458 g/mol. The molecular formula is C22H26N4O3S2. The Labute approximate surface area is 192 Å². The summed E-state index contributed by atoms with van der Waals surface area (Å²) in [6.45, 7) is 7.63. The van der Waals surface area contributed by atoms with E-state index < -0.39 is 0 Å². The third-order valence-electron chi connectivity index (χ3n) is 4.03. The molecule has 0 heterocycles. The highest BCUT2D eigenvalue weighted by atomic mass is 32.1. The van der Waals surface area contributed by atoms with Crippen LogP contribution in [0.4, 0.5) is 11.4 Å². The highest BCUT2D eigenvalue weighted by molar-refractivity contribution is 7.80. The first-order valence-corrected chi connectivity index (χ1v) is 10.4. The molecule has 0 aromatic heterocycles. The SMILES string of the molecule is CC(=O)NC(=S)Nc1ccc(NC(=S)NC(=O)COc2ccc(C(C)(C)C)cc2)cc1. The molecule has 2 rings (SSSR count). The summed E-state index contributed by atoms with van der Waals surface area (Å²) in [6.07, 6.45) is 0. The summed E-state index contributed by atoms with van der Waals surface area (Å²) < 4.78 is 5.52. The predicted molar refractivity (Wildman–Crippen MR) is 131 cm³/mol. The molecule has 0 aliphatic rings. The van der Waals surface area contributed by atoms with Crippen molar-refractivity contribution in [2.45, 2.75) is 33.1 Å². The van der Waals surface area contributed by atoms with E-state index in [2.05, 4.69) is 42.0 Å². The number of thiocarbonyl (C=S) groups is 2. The number of ether oxygens (including phenoxy) is 1. The Morgan fingerprint density at radius 1 is 0.839 bits per heavy atom. The molecule has 31 heavy (non-hydrogen) atoms. The predicted octanol–water partition coefficient (Wildman–Crippen LogP) is 3.71. The molecule has 7 nitrogen and oxygen atoms in total. The molecule has 0 spiro atoms. The Morgan fingerprint density at radius 2 is 1.32 bits per heavy atom. The first-order chi connectivity index (χ1) is 14.5. The maximum absolute atomic E-state index is 12.1. The third kappa shape index (κ3) is 8.69. The molecule has 0 saturated heterocycles. The zero-order valence-electron chi connectivity index (χ0n) is 17.9. The number of carbonyl (C=O) groups excluding carboxylic acids is 2. The molecule has 0 atom stereocenters. The average molecular weight is 459 g/mol. The molecule has 0 aliphatic carbocycles. The molecule has 2 aromatic rings. The maximum atomic E-state index is 12.1. The van der Waals surface area contributed by atoms with Crippen molar-refractivity contribution in [1.82, 2.24) is 10.6 Å². The van der Waals surface area contributed by atoms with Crippen molar-refractivity contribution in [3.63, 3.8) is 0 Å². The van der Waals surface area contributed by atoms with Crippen LogP contribution in [0.15, 0.2) is 48.5 Å². The van der Waals surface area contributed by atoms with Gasteiger partial charge in [-0.3, -0.25) is 14.9 Å². The van der Waals surface area contributed by atoms with Crippen molar-refractivity contribution >= 4 is 57.8 Å². The van der Waals surface area contributed by atoms with Crippen LogP contribution >= 0.6 is 24.4 Å². The van der Waals surface area contributed by atoms with Crippen molar-refractivity contribution < 1.29 is 14.3 Å². The van der Waals surface area contributed by atoms with Gasteiger partial charge in [-0.2, -0.15) is 0 Å². The van der Waals surface area contributed by atoms with Gasteiger partial charge in [0, 0.05) is 18.3 Å². The molecule has 9 heteroatoms. The van der Waals surface area contributed by atoms with Gasteiger partial charge in [0.05, 0.1) is 0 Å². The number of amides is 2. The topological polar surface area (TPSA) is 91.5 Å². The van der Waals surface area contributed by atoms with Crippen LogP contribution in [0.25, 0.3) is 0 Å². The molecule has 0 fully saturated rings. The quantitative estimate of drug-likeness (QED) is 0.508. The minimum absolute atomic E-state index is 0.0549. The summed E-state index contributed by atoms with van der Waals surface area (Å²) in [5.74, 6) is 0.00131. The largest absolute Gasteiger partial charge is 0.484 e. The van der Waals surface area contributed by atoms with Crippen LogP contribution in [-0.4, -0.2) is 28.6 Å². The van der Waals surface area contributed by atoms with Gasteiger partial charge in [0.2, 0.25) is 5.91 Å². The Balaban J connectivity index is 1.78. The second kappa shape index (κ2) is 10.8. The smallest absolute Gasteiger partial charge is 0.264 e. The van der Waals surface area contributed by atoms with Crippen LogP contribution in [0.5, 0.6) is 5.75 Å². The van der Waals surface area contributed by atoms with Crippen LogP contribution in [-0.2, 0) is 15.0 Å². The van der Waals surface area contributed by atoms with Gasteiger partial charge in [-0.25, -0.2) is 0 Å². The molecule has 2 amide bonds. The van der Waals surface area contributed by atoms with Crippen molar-refractivity contribution in [2.24, 2.45) is 0 Å². The Bertz CT molecular complexity index is 952. The Morgan fingerprint density at radius 3 is 1.77 bits per heavy atom. The first-order valence-electron chi connectivity index (χ1n) is 9.56. The molecular weight excluding hydrogens is 432 g/mol. The summed E-state index contributed by atoms with van der Waals surface area (Å²) in [6, 6.07) is 14.7. The van der Waals surface area contributed by atoms with Gasteiger partial charge in [0.25, 0.3) is 5.91 Å². The van der Waals surface area contributed by atoms with Crippen molar-refractivity contribution in [2.75, 3.05) is 17.2 Å². The van der Waals surface area contributed by atoms with Gasteiger partial charge in [-0.1, -0.05) is 32.9 Å². The molecule has 0 aliphatic heterocycles. The molecule has 0 radical (unpaired) electrons. The number of anilines is 2. The lowest BCUT2D eigenvalue weighted by Crippen LogP contribution is -2.37. The summed E-state index contributed by atoms with van der Waals surface area (Å²) >= 11 is 10.2. The van der Waals surface area contributed by atoms with E-state index in [0.29, 0.717) is 17.1 Å². The zero-order chi connectivity index (χ0) is 23.0. The number of benzene rings is 2. The lowest BCUT2D eigenvalue weighted by atomic mass is 9.87. The fourth-order valence-corrected chi connectivity index (χ4v) is 2.98. The molecule has 4 N–H and O–H groups in total. The van der Waals surface area contributed by atoms with Gasteiger partial charge in [-0.15, -0.1) is 0 Å². The number of hydrogen-bond donors (Lipinski definition) is 4. The number of rotatable bonds is 5. The van der Waals surface area contributed by atoms with Crippen molar-refractivity contribution in [3.8, 4) is 5.75 Å². The molecule has 0 bridgehead atoms. The van der Waals surface area contributed by atoms with E-state index in [1.54, 1.807) is 24.3 Å². The van der Waals surface area contributed by atoms with Crippen molar-refractivity contribution in [3.05, 3.63) is 54.1 Å². The lowest BCUT2D eigenvalue weighted by molar-refractivity contribution is -0.121. The van der Waals surface area contributed by atoms with Crippen LogP contribution in [0.2, 0.25) is 0 Å². The highest BCUT2D eigenvalue weighted by Crippen LogP contribution is 2.24. The second-order valence-electron chi connectivity index (χ2n) is 7.78. The van der Waals surface area contributed by atoms with E-state index >= 15 is 0 Å². The fourth-order valence-electron chi connectivity index (χ4n) is 2.48. The minimum atomic E-state index is -0.364. The summed E-state index contributed by atoms with van der Waals surface area (Å²) in [5.41, 5.74) is 2.62. The van der Waals surface area contributed by atoms with E-state index in [9.17, 15) is 9.59 Å². The van der Waals surface area contributed by atoms with E-state index in [0.717, 1.165) is 0 Å².